The van der Waals surface area contributed by atoms with E-state index in [1.54, 1.807) is 35.9 Å². The maximum Gasteiger partial charge on any atom is 0.191 e. The fourth-order valence-corrected chi connectivity index (χ4v) is 5.40. The van der Waals surface area contributed by atoms with Crippen LogP contribution < -0.4 is 0 Å². The minimum atomic E-state index is -0.494. The summed E-state index contributed by atoms with van der Waals surface area (Å²) >= 11 is 3.19. The molecule has 0 bridgehead atoms. The first-order valence-corrected chi connectivity index (χ1v) is 10.2. The highest BCUT2D eigenvalue weighted by Gasteiger charge is 2.29. The zero-order valence-electron chi connectivity index (χ0n) is 14.0. The Balaban J connectivity index is 1.53. The van der Waals surface area contributed by atoms with Crippen molar-refractivity contribution in [1.29, 1.82) is 0 Å². The monoisotopic (exact) mass is 390 g/mol. The number of pyridine rings is 1. The third-order valence-corrected chi connectivity index (χ3v) is 6.70. The first-order valence-electron chi connectivity index (χ1n) is 8.18. The van der Waals surface area contributed by atoms with Gasteiger partial charge in [0, 0.05) is 40.3 Å². The number of fused-ring (bicyclic) bond motifs is 1. The summed E-state index contributed by atoms with van der Waals surface area (Å²) in [6.07, 6.45) is 3.49. The molecular formula is C18H16F2N4S2. The molecule has 2 aromatic heterocycles. The Kier molecular flexibility index (Phi) is 4.95. The van der Waals surface area contributed by atoms with Crippen LogP contribution in [0.2, 0.25) is 0 Å². The van der Waals surface area contributed by atoms with Crippen LogP contribution in [0.25, 0.3) is 11.4 Å². The second kappa shape index (κ2) is 7.36. The fraction of sp³-hybridized carbons (Fsp3) is 0.278. The van der Waals surface area contributed by atoms with Gasteiger partial charge in [0.2, 0.25) is 0 Å². The van der Waals surface area contributed by atoms with E-state index in [9.17, 15) is 8.78 Å². The van der Waals surface area contributed by atoms with Crippen molar-refractivity contribution in [3.8, 4) is 11.4 Å². The van der Waals surface area contributed by atoms with E-state index in [2.05, 4.69) is 19.7 Å². The van der Waals surface area contributed by atoms with Gasteiger partial charge in [0.05, 0.1) is 6.04 Å². The lowest BCUT2D eigenvalue weighted by Crippen LogP contribution is -2.12. The molecule has 0 radical (unpaired) electrons. The van der Waals surface area contributed by atoms with Gasteiger partial charge in [-0.3, -0.25) is 9.55 Å². The first-order chi connectivity index (χ1) is 12.6. The summed E-state index contributed by atoms with van der Waals surface area (Å²) in [5, 5.41) is 9.15. The van der Waals surface area contributed by atoms with Crippen molar-refractivity contribution in [3.63, 3.8) is 0 Å². The molecule has 26 heavy (non-hydrogen) atoms. The van der Waals surface area contributed by atoms with Crippen LogP contribution in [0.1, 0.15) is 23.8 Å². The molecule has 0 aliphatic carbocycles. The van der Waals surface area contributed by atoms with Gasteiger partial charge < -0.3 is 0 Å². The van der Waals surface area contributed by atoms with Crippen LogP contribution in [0.5, 0.6) is 0 Å². The molecule has 4 rings (SSSR count). The van der Waals surface area contributed by atoms with E-state index in [0.29, 0.717) is 0 Å². The molecule has 134 valence electrons. The first kappa shape index (κ1) is 17.5. The molecule has 2 atom stereocenters. The predicted molar refractivity (Wildman–Crippen MR) is 100 cm³/mol. The minimum absolute atomic E-state index is 0.139. The number of hydrogen-bond acceptors (Lipinski definition) is 5. The van der Waals surface area contributed by atoms with Crippen LogP contribution in [0.4, 0.5) is 8.78 Å². The molecule has 1 aliphatic heterocycles. The second-order valence-corrected chi connectivity index (χ2v) is 8.35. The normalized spacial score (nSPS) is 17.3. The van der Waals surface area contributed by atoms with Crippen LogP contribution in [-0.4, -0.2) is 31.3 Å². The van der Waals surface area contributed by atoms with Crippen LogP contribution in [0, 0.1) is 11.6 Å². The molecule has 4 nitrogen and oxygen atoms in total. The van der Waals surface area contributed by atoms with Crippen molar-refractivity contribution < 1.29 is 8.78 Å². The Hall–Kier alpha value is -1.93. The lowest BCUT2D eigenvalue weighted by atomic mass is 10.1. The van der Waals surface area contributed by atoms with Gasteiger partial charge in [-0.05, 0) is 31.2 Å². The van der Waals surface area contributed by atoms with Crippen LogP contribution in [0.3, 0.4) is 0 Å². The maximum absolute atomic E-state index is 14.0. The zero-order chi connectivity index (χ0) is 18.1. The predicted octanol–water partition coefficient (Wildman–Crippen LogP) is 4.76. The van der Waals surface area contributed by atoms with E-state index >= 15 is 0 Å². The zero-order valence-corrected chi connectivity index (χ0v) is 15.6. The third kappa shape index (κ3) is 3.23. The molecule has 0 spiro atoms. The van der Waals surface area contributed by atoms with E-state index in [-0.39, 0.29) is 16.9 Å². The number of aromatic nitrogens is 4. The van der Waals surface area contributed by atoms with E-state index in [1.165, 1.54) is 18.2 Å². The van der Waals surface area contributed by atoms with Crippen LogP contribution in [0.15, 0.2) is 47.9 Å². The molecule has 3 heterocycles. The van der Waals surface area contributed by atoms with E-state index in [1.807, 2.05) is 19.1 Å². The lowest BCUT2D eigenvalue weighted by Gasteiger charge is -2.18. The Morgan fingerprint density at radius 2 is 2.04 bits per heavy atom. The molecule has 0 N–H and O–H groups in total. The molecule has 0 saturated carbocycles. The Bertz CT molecular complexity index is 897. The van der Waals surface area contributed by atoms with Crippen molar-refractivity contribution in [2.45, 2.75) is 23.4 Å². The summed E-state index contributed by atoms with van der Waals surface area (Å²) in [5.74, 6) is 1.39. The number of benzene rings is 1. The minimum Gasteiger partial charge on any atom is -0.297 e. The fourth-order valence-electron chi connectivity index (χ4n) is 3.00. The van der Waals surface area contributed by atoms with Gasteiger partial charge in [-0.1, -0.05) is 17.8 Å². The largest absolute Gasteiger partial charge is 0.297 e. The number of thioether (sulfide) groups is 2. The molecule has 1 aliphatic rings. The molecule has 3 aromatic rings. The molecular weight excluding hydrogens is 374 g/mol. The van der Waals surface area contributed by atoms with Crippen molar-refractivity contribution in [2.24, 2.45) is 0 Å². The van der Waals surface area contributed by atoms with Gasteiger partial charge in [-0.15, -0.1) is 10.2 Å². The summed E-state index contributed by atoms with van der Waals surface area (Å²) in [4.78, 5) is 4.15. The van der Waals surface area contributed by atoms with E-state index in [0.717, 1.165) is 28.0 Å². The molecule has 0 amide bonds. The summed E-state index contributed by atoms with van der Waals surface area (Å²) < 4.78 is 30.1. The average molecular weight is 390 g/mol. The molecule has 0 fully saturated rings. The van der Waals surface area contributed by atoms with Gasteiger partial charge in [0.15, 0.2) is 11.0 Å². The lowest BCUT2D eigenvalue weighted by molar-refractivity contribution is 0.556. The number of halogens is 2. The average Bonchev–Trinajstić information content (AvgIpc) is 3.23. The van der Waals surface area contributed by atoms with Crippen molar-refractivity contribution in [1.82, 2.24) is 19.7 Å². The highest BCUT2D eigenvalue weighted by atomic mass is 32.2. The SMILES string of the molecule is CC(SCC1CSc2nnc(-c3cccnc3)n21)c1c(F)cccc1F. The van der Waals surface area contributed by atoms with Gasteiger partial charge in [0.1, 0.15) is 11.6 Å². The van der Waals surface area contributed by atoms with Gasteiger partial charge in [-0.2, -0.15) is 11.8 Å². The van der Waals surface area contributed by atoms with Gasteiger partial charge >= 0.3 is 0 Å². The quantitative estimate of drug-likeness (QED) is 0.628. The molecule has 8 heteroatoms. The van der Waals surface area contributed by atoms with Gasteiger partial charge in [0.25, 0.3) is 0 Å². The molecule has 1 aromatic carbocycles. The highest BCUT2D eigenvalue weighted by Crippen LogP contribution is 2.41. The Morgan fingerprint density at radius 1 is 1.23 bits per heavy atom. The number of rotatable bonds is 5. The summed E-state index contributed by atoms with van der Waals surface area (Å²) in [6.45, 7) is 1.84. The molecule has 0 saturated heterocycles. The smallest absolute Gasteiger partial charge is 0.191 e. The standard InChI is InChI=1S/C18H16F2N4S2/c1-11(16-14(19)5-2-6-15(16)20)25-9-13-10-26-18-23-22-17(24(13)18)12-4-3-7-21-8-12/h2-8,11,13H,9-10H2,1H3. The van der Waals surface area contributed by atoms with Crippen LogP contribution in [-0.2, 0) is 0 Å². The number of nitrogens with zero attached hydrogens (tertiary/aromatic N) is 4. The Morgan fingerprint density at radius 3 is 2.77 bits per heavy atom. The van der Waals surface area contributed by atoms with Gasteiger partial charge in [-0.25, -0.2) is 8.78 Å². The molecule has 2 unspecified atom stereocenters. The summed E-state index contributed by atoms with van der Waals surface area (Å²) in [6, 6.07) is 7.99. The van der Waals surface area contributed by atoms with Crippen LogP contribution >= 0.6 is 23.5 Å². The second-order valence-electron chi connectivity index (χ2n) is 5.99. The van der Waals surface area contributed by atoms with Crippen molar-refractivity contribution in [3.05, 3.63) is 59.9 Å². The third-order valence-electron chi connectivity index (χ3n) is 4.30. The topological polar surface area (TPSA) is 43.6 Å². The summed E-state index contributed by atoms with van der Waals surface area (Å²) in [5.41, 5.74) is 1.05. The van der Waals surface area contributed by atoms with Crippen molar-refractivity contribution >= 4 is 23.5 Å². The van der Waals surface area contributed by atoms with E-state index in [4.69, 9.17) is 0 Å². The number of hydrogen-bond donors (Lipinski definition) is 0. The maximum atomic E-state index is 14.0. The Labute approximate surface area is 158 Å². The summed E-state index contributed by atoms with van der Waals surface area (Å²) in [7, 11) is 0. The van der Waals surface area contributed by atoms with E-state index < -0.39 is 11.6 Å². The van der Waals surface area contributed by atoms with Crippen molar-refractivity contribution in [2.75, 3.05) is 11.5 Å². The highest BCUT2D eigenvalue weighted by molar-refractivity contribution is 8.00.